The van der Waals surface area contributed by atoms with Crippen molar-refractivity contribution in [1.82, 2.24) is 20.2 Å². The Morgan fingerprint density at radius 2 is 1.96 bits per heavy atom. The minimum Gasteiger partial charge on any atom is -0.258 e. The molecule has 0 spiro atoms. The van der Waals surface area contributed by atoms with Crippen molar-refractivity contribution in [3.05, 3.63) is 56.7 Å². The lowest BCUT2D eigenvalue weighted by Gasteiger charge is -1.99. The second-order valence-corrected chi connectivity index (χ2v) is 6.14. The molecule has 2 heterocycles. The normalized spacial score (nSPS) is 10.7. The Morgan fingerprint density at radius 3 is 2.65 bits per heavy atom. The smallest absolute Gasteiger partial charge is 0.258 e. The highest BCUT2D eigenvalue weighted by molar-refractivity contribution is 7.99. The Balaban J connectivity index is 1.90. The van der Waals surface area contributed by atoms with E-state index in [1.807, 2.05) is 0 Å². The molecule has 0 bridgehead atoms. The Labute approximate surface area is 144 Å². The lowest BCUT2D eigenvalue weighted by atomic mass is 10.2. The summed E-state index contributed by atoms with van der Waals surface area (Å²) in [5.74, 6) is 0.454. The highest BCUT2D eigenvalue weighted by Gasteiger charge is 2.18. The number of nitro groups is 1. The highest BCUT2D eigenvalue weighted by Crippen LogP contribution is 2.32. The average molecular weight is 368 g/mol. The van der Waals surface area contributed by atoms with E-state index in [4.69, 9.17) is 23.2 Å². The molecule has 116 valence electrons. The summed E-state index contributed by atoms with van der Waals surface area (Å²) in [4.78, 5) is 18.8. The Kier molecular flexibility index (Phi) is 4.46. The lowest BCUT2D eigenvalue weighted by Crippen LogP contribution is -1.92. The van der Waals surface area contributed by atoms with Crippen molar-refractivity contribution in [1.29, 1.82) is 0 Å². The average Bonchev–Trinajstić information content (AvgIpc) is 2.95. The van der Waals surface area contributed by atoms with Crippen LogP contribution in [0.5, 0.6) is 0 Å². The molecule has 2 aromatic heterocycles. The van der Waals surface area contributed by atoms with E-state index in [0.717, 1.165) is 11.8 Å². The topological polar surface area (TPSA) is 97.6 Å². The van der Waals surface area contributed by atoms with Crippen LogP contribution in [0.25, 0.3) is 11.4 Å². The zero-order chi connectivity index (χ0) is 16.4. The number of pyridine rings is 1. The fraction of sp³-hybridized carbons (Fsp3) is 0. The number of hydrogen-bond donors (Lipinski definition) is 1. The molecule has 0 aliphatic rings. The number of nitrogens with zero attached hydrogens (tertiary/aromatic N) is 4. The van der Waals surface area contributed by atoms with Gasteiger partial charge in [0.25, 0.3) is 0 Å². The highest BCUT2D eigenvalue weighted by atomic mass is 35.5. The summed E-state index contributed by atoms with van der Waals surface area (Å²) in [6.45, 7) is 0. The minimum absolute atomic E-state index is 0.102. The van der Waals surface area contributed by atoms with Crippen molar-refractivity contribution >= 4 is 40.7 Å². The summed E-state index contributed by atoms with van der Waals surface area (Å²) in [6, 6.07) is 7.85. The van der Waals surface area contributed by atoms with Gasteiger partial charge >= 0.3 is 5.69 Å². The number of aromatic amines is 1. The predicted molar refractivity (Wildman–Crippen MR) is 86.9 cm³/mol. The summed E-state index contributed by atoms with van der Waals surface area (Å²) >= 11 is 12.9. The molecule has 1 aromatic carbocycles. The molecule has 3 aromatic rings. The van der Waals surface area contributed by atoms with E-state index in [1.165, 1.54) is 18.3 Å². The summed E-state index contributed by atoms with van der Waals surface area (Å²) in [5.41, 5.74) is 0.562. The fourth-order valence-electron chi connectivity index (χ4n) is 1.80. The van der Waals surface area contributed by atoms with E-state index in [9.17, 15) is 10.1 Å². The van der Waals surface area contributed by atoms with Gasteiger partial charge in [0.15, 0.2) is 10.9 Å². The first-order chi connectivity index (χ1) is 11.0. The van der Waals surface area contributed by atoms with Crippen molar-refractivity contribution < 1.29 is 4.92 Å². The Bertz CT molecular complexity index is 866. The van der Waals surface area contributed by atoms with Gasteiger partial charge in [-0.05, 0) is 36.0 Å². The third-order valence-electron chi connectivity index (χ3n) is 2.74. The molecule has 3 rings (SSSR count). The molecule has 0 aliphatic carbocycles. The molecule has 0 fully saturated rings. The van der Waals surface area contributed by atoms with Crippen molar-refractivity contribution in [2.75, 3.05) is 0 Å². The van der Waals surface area contributed by atoms with E-state index in [-0.39, 0.29) is 10.7 Å². The van der Waals surface area contributed by atoms with Crippen molar-refractivity contribution in [2.24, 2.45) is 0 Å². The van der Waals surface area contributed by atoms with Gasteiger partial charge in [-0.3, -0.25) is 15.2 Å². The molecule has 0 aliphatic heterocycles. The van der Waals surface area contributed by atoms with E-state index in [2.05, 4.69) is 20.2 Å². The molecule has 0 unspecified atom stereocenters. The zero-order valence-corrected chi connectivity index (χ0v) is 13.6. The lowest BCUT2D eigenvalue weighted by molar-refractivity contribution is -0.388. The Morgan fingerprint density at radius 1 is 1.22 bits per heavy atom. The molecule has 0 saturated carbocycles. The molecule has 23 heavy (non-hydrogen) atoms. The molecule has 0 amide bonds. The SMILES string of the molecule is O=[N+]([O-])c1cccnc1Sc1n[nH]c(-c2cc(Cl)cc(Cl)c2)n1. The van der Waals surface area contributed by atoms with Crippen LogP contribution in [0.3, 0.4) is 0 Å². The molecule has 0 saturated heterocycles. The number of benzene rings is 1. The largest absolute Gasteiger partial charge is 0.301 e. The second kappa shape index (κ2) is 6.53. The van der Waals surface area contributed by atoms with Gasteiger partial charge in [0.05, 0.1) is 4.92 Å². The summed E-state index contributed by atoms with van der Waals surface area (Å²) < 4.78 is 0. The van der Waals surface area contributed by atoms with Gasteiger partial charge in [-0.2, -0.15) is 0 Å². The van der Waals surface area contributed by atoms with Crippen LogP contribution < -0.4 is 0 Å². The van der Waals surface area contributed by atoms with E-state index < -0.39 is 4.92 Å². The maximum atomic E-state index is 11.0. The zero-order valence-electron chi connectivity index (χ0n) is 11.2. The number of nitrogens with one attached hydrogen (secondary N) is 1. The maximum absolute atomic E-state index is 11.0. The van der Waals surface area contributed by atoms with Gasteiger partial charge in [0.1, 0.15) is 0 Å². The van der Waals surface area contributed by atoms with Gasteiger partial charge in [-0.25, -0.2) is 9.97 Å². The first-order valence-electron chi connectivity index (χ1n) is 6.19. The molecule has 10 heteroatoms. The summed E-state index contributed by atoms with van der Waals surface area (Å²) in [7, 11) is 0. The van der Waals surface area contributed by atoms with Gasteiger partial charge in [0.2, 0.25) is 5.16 Å². The number of H-pyrrole nitrogens is 1. The third-order valence-corrected chi connectivity index (χ3v) is 4.05. The van der Waals surface area contributed by atoms with Gasteiger partial charge < -0.3 is 0 Å². The van der Waals surface area contributed by atoms with Crippen LogP contribution in [0.15, 0.2) is 46.7 Å². The number of aromatic nitrogens is 4. The van der Waals surface area contributed by atoms with E-state index in [1.54, 1.807) is 18.2 Å². The molecule has 1 N–H and O–H groups in total. The Hall–Kier alpha value is -2.16. The van der Waals surface area contributed by atoms with Crippen LogP contribution in [0.2, 0.25) is 10.0 Å². The van der Waals surface area contributed by atoms with Crippen molar-refractivity contribution in [3.63, 3.8) is 0 Å². The molecule has 0 atom stereocenters. The van der Waals surface area contributed by atoms with Crippen molar-refractivity contribution in [2.45, 2.75) is 10.2 Å². The summed E-state index contributed by atoms with van der Waals surface area (Å²) in [6.07, 6.45) is 1.47. The number of rotatable bonds is 4. The fourth-order valence-corrected chi connectivity index (χ4v) is 3.09. The number of halogens is 2. The first-order valence-corrected chi connectivity index (χ1v) is 7.76. The van der Waals surface area contributed by atoms with Gasteiger partial charge in [-0.15, -0.1) is 5.10 Å². The van der Waals surface area contributed by atoms with Crippen molar-refractivity contribution in [3.8, 4) is 11.4 Å². The van der Waals surface area contributed by atoms with Crippen LogP contribution in [0, 0.1) is 10.1 Å². The molecule has 0 radical (unpaired) electrons. The predicted octanol–water partition coefficient (Wildman–Crippen LogP) is 4.23. The van der Waals surface area contributed by atoms with Crippen LogP contribution in [0.1, 0.15) is 0 Å². The molecular formula is C13H7Cl2N5O2S. The quantitative estimate of drug-likeness (QED) is 0.547. The van der Waals surface area contributed by atoms with E-state index in [0.29, 0.717) is 26.6 Å². The van der Waals surface area contributed by atoms with Crippen LogP contribution >= 0.6 is 35.0 Å². The minimum atomic E-state index is -0.500. The standard InChI is InChI=1S/C13H7Cl2N5O2S/c14-8-4-7(5-9(15)6-8)11-17-13(19-18-11)23-12-10(20(21)22)2-1-3-16-12/h1-6H,(H,17,18,19). The van der Waals surface area contributed by atoms with Crippen LogP contribution in [0.4, 0.5) is 5.69 Å². The van der Waals surface area contributed by atoms with Gasteiger partial charge in [-0.1, -0.05) is 23.2 Å². The van der Waals surface area contributed by atoms with Gasteiger partial charge in [0, 0.05) is 27.9 Å². The van der Waals surface area contributed by atoms with Crippen LogP contribution in [-0.2, 0) is 0 Å². The third kappa shape index (κ3) is 3.61. The molecule has 7 nitrogen and oxygen atoms in total. The second-order valence-electron chi connectivity index (χ2n) is 4.31. The van der Waals surface area contributed by atoms with E-state index >= 15 is 0 Å². The van der Waals surface area contributed by atoms with Crippen LogP contribution in [-0.4, -0.2) is 25.1 Å². The monoisotopic (exact) mass is 367 g/mol. The summed E-state index contributed by atoms with van der Waals surface area (Å²) in [5, 5.41) is 19.2. The first kappa shape index (κ1) is 15.7. The maximum Gasteiger partial charge on any atom is 0.301 e. The number of hydrogen-bond acceptors (Lipinski definition) is 6. The molecular weight excluding hydrogens is 361 g/mol.